The quantitative estimate of drug-likeness (QED) is 0.722. The Morgan fingerprint density at radius 1 is 0.824 bits per heavy atom. The molecule has 0 bridgehead atoms. The third-order valence-corrected chi connectivity index (χ3v) is 5.66. The zero-order valence-electron chi connectivity index (χ0n) is 10.8. The van der Waals surface area contributed by atoms with Crippen LogP contribution in [-0.2, 0) is 0 Å². The molecular formula is C16H20P+. The van der Waals surface area contributed by atoms with Crippen molar-refractivity contribution in [2.75, 3.05) is 6.66 Å². The molecule has 2 aromatic rings. The molecule has 2 aromatic carbocycles. The summed E-state index contributed by atoms with van der Waals surface area (Å²) >= 11 is 0. The Hall–Kier alpha value is -1.13. The van der Waals surface area contributed by atoms with Gasteiger partial charge in [0.25, 0.3) is 0 Å². The van der Waals surface area contributed by atoms with Crippen LogP contribution in [0.3, 0.4) is 0 Å². The normalized spacial score (nSPS) is 12.7. The minimum Gasteiger partial charge on any atom is -0.0620 e. The molecule has 0 saturated carbocycles. The molecule has 0 amide bonds. The Balaban J connectivity index is 2.41. The third kappa shape index (κ3) is 2.76. The van der Waals surface area contributed by atoms with Gasteiger partial charge in [-0.2, -0.15) is 0 Å². The molecule has 0 heterocycles. The molecule has 2 rings (SSSR count). The highest BCUT2D eigenvalue weighted by Gasteiger charge is 2.20. The van der Waals surface area contributed by atoms with Crippen LogP contribution in [0.5, 0.6) is 0 Å². The van der Waals surface area contributed by atoms with Crippen molar-refractivity contribution in [2.45, 2.75) is 19.8 Å². The second-order valence-corrected chi connectivity index (χ2v) is 7.10. The Kier molecular flexibility index (Phi) is 3.97. The van der Waals surface area contributed by atoms with E-state index in [1.807, 2.05) is 0 Å². The average molecular weight is 243 g/mol. The van der Waals surface area contributed by atoms with Crippen LogP contribution in [0.25, 0.3) is 0 Å². The fraction of sp³-hybridized carbons (Fsp3) is 0.250. The summed E-state index contributed by atoms with van der Waals surface area (Å²) in [5, 5.41) is 3.05. The molecule has 1 heteroatoms. The van der Waals surface area contributed by atoms with Gasteiger partial charge in [0.05, 0.1) is 25.2 Å². The first-order chi connectivity index (χ1) is 8.20. The van der Waals surface area contributed by atoms with Crippen molar-refractivity contribution in [3.8, 4) is 0 Å². The summed E-state index contributed by atoms with van der Waals surface area (Å²) in [6.07, 6.45) is 0. The van der Waals surface area contributed by atoms with E-state index >= 15 is 0 Å². The SMILES string of the molecule is CC(C)c1ccccc1[PH+](C)c1ccccc1. The first-order valence-corrected chi connectivity index (χ1v) is 8.18. The van der Waals surface area contributed by atoms with Gasteiger partial charge in [-0.15, -0.1) is 0 Å². The van der Waals surface area contributed by atoms with Crippen molar-refractivity contribution in [1.82, 2.24) is 0 Å². The predicted octanol–water partition coefficient (Wildman–Crippen LogP) is 3.60. The molecule has 0 aliphatic carbocycles. The standard InChI is InChI=1S/C16H19P/c1-13(2)15-11-7-8-12-16(15)17(3)14-9-5-4-6-10-14/h4-13H,1-3H3/p+1. The highest BCUT2D eigenvalue weighted by Crippen LogP contribution is 2.32. The van der Waals surface area contributed by atoms with Crippen LogP contribution in [-0.4, -0.2) is 6.66 Å². The van der Waals surface area contributed by atoms with E-state index < -0.39 is 7.92 Å². The zero-order valence-corrected chi connectivity index (χ0v) is 11.8. The van der Waals surface area contributed by atoms with Crippen LogP contribution in [0.1, 0.15) is 25.3 Å². The lowest BCUT2D eigenvalue weighted by Crippen LogP contribution is -2.15. The summed E-state index contributed by atoms with van der Waals surface area (Å²) in [6, 6.07) is 19.8. The average Bonchev–Trinajstić information content (AvgIpc) is 2.39. The van der Waals surface area contributed by atoms with E-state index in [9.17, 15) is 0 Å². The van der Waals surface area contributed by atoms with Gasteiger partial charge in [-0.1, -0.05) is 50.2 Å². The summed E-state index contributed by atoms with van der Waals surface area (Å²) in [7, 11) is -0.619. The summed E-state index contributed by atoms with van der Waals surface area (Å²) in [5.41, 5.74) is 1.51. The van der Waals surface area contributed by atoms with Gasteiger partial charge in [0.2, 0.25) is 0 Å². The van der Waals surface area contributed by atoms with E-state index in [-0.39, 0.29) is 0 Å². The van der Waals surface area contributed by atoms with Crippen LogP contribution in [0, 0.1) is 0 Å². The lowest BCUT2D eigenvalue weighted by atomic mass is 10.0. The maximum Gasteiger partial charge on any atom is 0.0998 e. The van der Waals surface area contributed by atoms with E-state index in [0.717, 1.165) is 0 Å². The minimum atomic E-state index is -0.619. The van der Waals surface area contributed by atoms with Gasteiger partial charge in [-0.25, -0.2) is 0 Å². The second kappa shape index (κ2) is 5.47. The van der Waals surface area contributed by atoms with Crippen molar-refractivity contribution < 1.29 is 0 Å². The first-order valence-electron chi connectivity index (χ1n) is 6.18. The molecule has 1 unspecified atom stereocenters. The van der Waals surface area contributed by atoms with Gasteiger partial charge in [-0.05, 0) is 29.7 Å². The Morgan fingerprint density at radius 2 is 1.41 bits per heavy atom. The van der Waals surface area contributed by atoms with E-state index in [0.29, 0.717) is 5.92 Å². The van der Waals surface area contributed by atoms with Crippen LogP contribution in [0.4, 0.5) is 0 Å². The number of benzene rings is 2. The molecule has 0 N–H and O–H groups in total. The van der Waals surface area contributed by atoms with E-state index in [2.05, 4.69) is 75.1 Å². The first kappa shape index (κ1) is 12.3. The van der Waals surface area contributed by atoms with Gasteiger partial charge in [0, 0.05) is 0 Å². The summed E-state index contributed by atoms with van der Waals surface area (Å²) in [4.78, 5) is 0. The van der Waals surface area contributed by atoms with E-state index in [4.69, 9.17) is 0 Å². The molecule has 0 nitrogen and oxygen atoms in total. The fourth-order valence-electron chi connectivity index (χ4n) is 2.19. The smallest absolute Gasteiger partial charge is 0.0620 e. The van der Waals surface area contributed by atoms with Crippen molar-refractivity contribution in [2.24, 2.45) is 0 Å². The van der Waals surface area contributed by atoms with Gasteiger partial charge < -0.3 is 0 Å². The molecule has 0 aromatic heterocycles. The maximum absolute atomic E-state index is 2.39. The molecule has 17 heavy (non-hydrogen) atoms. The Bertz CT molecular complexity index is 474. The monoisotopic (exact) mass is 243 g/mol. The lowest BCUT2D eigenvalue weighted by molar-refractivity contribution is 0.873. The highest BCUT2D eigenvalue weighted by molar-refractivity contribution is 7.72. The van der Waals surface area contributed by atoms with Crippen molar-refractivity contribution in [3.63, 3.8) is 0 Å². The minimum absolute atomic E-state index is 0.606. The largest absolute Gasteiger partial charge is 0.0998 e. The lowest BCUT2D eigenvalue weighted by Gasteiger charge is -2.12. The molecule has 0 spiro atoms. The van der Waals surface area contributed by atoms with Gasteiger partial charge in [0.1, 0.15) is 0 Å². The van der Waals surface area contributed by atoms with Crippen LogP contribution >= 0.6 is 7.92 Å². The van der Waals surface area contributed by atoms with Crippen molar-refractivity contribution >= 4 is 18.5 Å². The summed E-state index contributed by atoms with van der Waals surface area (Å²) < 4.78 is 0. The third-order valence-electron chi connectivity index (χ3n) is 3.19. The summed E-state index contributed by atoms with van der Waals surface area (Å²) in [6.45, 7) is 6.94. The van der Waals surface area contributed by atoms with Gasteiger partial charge in [0.15, 0.2) is 0 Å². The summed E-state index contributed by atoms with van der Waals surface area (Å²) in [5.74, 6) is 0.606. The van der Waals surface area contributed by atoms with Crippen LogP contribution in [0.15, 0.2) is 54.6 Å². The zero-order chi connectivity index (χ0) is 12.3. The molecule has 0 radical (unpaired) electrons. The predicted molar refractivity (Wildman–Crippen MR) is 80.5 cm³/mol. The molecule has 0 saturated heterocycles. The van der Waals surface area contributed by atoms with E-state index in [1.165, 1.54) is 10.9 Å². The van der Waals surface area contributed by atoms with E-state index in [1.54, 1.807) is 5.30 Å². The van der Waals surface area contributed by atoms with Gasteiger partial charge >= 0.3 is 0 Å². The number of rotatable bonds is 3. The molecule has 0 fully saturated rings. The van der Waals surface area contributed by atoms with Gasteiger partial charge in [-0.3, -0.25) is 0 Å². The van der Waals surface area contributed by atoms with Crippen LogP contribution < -0.4 is 10.6 Å². The Morgan fingerprint density at radius 3 is 2.06 bits per heavy atom. The Labute approximate surface area is 105 Å². The molecular weight excluding hydrogens is 223 g/mol. The molecule has 88 valence electrons. The maximum atomic E-state index is 2.39. The highest BCUT2D eigenvalue weighted by atomic mass is 31.1. The van der Waals surface area contributed by atoms with Crippen molar-refractivity contribution in [3.05, 3.63) is 60.2 Å². The number of hydrogen-bond acceptors (Lipinski definition) is 0. The second-order valence-electron chi connectivity index (χ2n) is 4.73. The number of hydrogen-bond donors (Lipinski definition) is 0. The molecule has 0 aliphatic heterocycles. The van der Waals surface area contributed by atoms with Crippen molar-refractivity contribution in [1.29, 1.82) is 0 Å². The molecule has 1 atom stereocenters. The molecule has 0 aliphatic rings. The fourth-order valence-corrected chi connectivity index (χ4v) is 4.34. The topological polar surface area (TPSA) is 0 Å². The van der Waals surface area contributed by atoms with Crippen LogP contribution in [0.2, 0.25) is 0 Å².